The predicted octanol–water partition coefficient (Wildman–Crippen LogP) is 6.12. The predicted molar refractivity (Wildman–Crippen MR) is 116 cm³/mol. The van der Waals surface area contributed by atoms with Gasteiger partial charge in [-0.3, -0.25) is 4.79 Å². The number of nitrogens with one attached hydrogen (secondary N) is 1. The number of carbonyl (C=O) groups excluding carboxylic acids is 1. The lowest BCUT2D eigenvalue weighted by molar-refractivity contribution is -0.145. The average Bonchev–Trinajstić information content (AvgIpc) is 3.34. The van der Waals surface area contributed by atoms with Crippen molar-refractivity contribution in [3.8, 4) is 0 Å². The molecule has 1 aromatic rings. The molecular formula is C24H35FN2OS. The third kappa shape index (κ3) is 3.18. The Labute approximate surface area is 178 Å². The number of Topliss-reactive ketones (excluding diaryl/α,β-unsaturated/α-hetero) is 1. The zero-order valence-electron chi connectivity index (χ0n) is 17.8. The Morgan fingerprint density at radius 1 is 1.21 bits per heavy atom. The van der Waals surface area contributed by atoms with Gasteiger partial charge in [-0.25, -0.2) is 9.37 Å². The van der Waals surface area contributed by atoms with Gasteiger partial charge in [0.2, 0.25) is 0 Å². The fourth-order valence-corrected chi connectivity index (χ4v) is 8.65. The molecule has 5 rings (SSSR count). The smallest absolute Gasteiger partial charge is 0.182 e. The Morgan fingerprint density at radius 2 is 2.07 bits per heavy atom. The van der Waals surface area contributed by atoms with Crippen LogP contribution in [-0.4, -0.2) is 23.0 Å². The summed E-state index contributed by atoms with van der Waals surface area (Å²) in [5, 5.41) is 5.97. The highest BCUT2D eigenvalue weighted by Gasteiger charge is 2.62. The molecule has 2 unspecified atom stereocenters. The molecular weight excluding hydrogens is 383 g/mol. The zero-order valence-corrected chi connectivity index (χ0v) is 18.6. The van der Waals surface area contributed by atoms with Crippen molar-refractivity contribution in [2.75, 3.05) is 11.9 Å². The summed E-state index contributed by atoms with van der Waals surface area (Å²) in [7, 11) is 0. The molecule has 0 aromatic carbocycles. The Balaban J connectivity index is 1.31. The van der Waals surface area contributed by atoms with Crippen molar-refractivity contribution in [2.45, 2.75) is 77.3 Å². The van der Waals surface area contributed by atoms with Crippen molar-refractivity contribution in [3.63, 3.8) is 0 Å². The summed E-state index contributed by atoms with van der Waals surface area (Å²) < 4.78 is 16.4. The van der Waals surface area contributed by atoms with Gasteiger partial charge in [0.05, 0.1) is 6.54 Å². The molecule has 0 bridgehead atoms. The maximum Gasteiger partial charge on any atom is 0.182 e. The highest BCUT2D eigenvalue weighted by atomic mass is 32.1. The molecule has 1 N–H and O–H groups in total. The number of aromatic nitrogens is 1. The maximum atomic E-state index is 16.4. The molecule has 8 atom stereocenters. The lowest BCUT2D eigenvalue weighted by atomic mass is 9.48. The number of rotatable bonds is 4. The number of hydrogen-bond acceptors (Lipinski definition) is 4. The van der Waals surface area contributed by atoms with Crippen LogP contribution in [0.2, 0.25) is 0 Å². The van der Waals surface area contributed by atoms with Gasteiger partial charge in [-0.05, 0) is 92.8 Å². The van der Waals surface area contributed by atoms with E-state index < -0.39 is 5.67 Å². The van der Waals surface area contributed by atoms with Gasteiger partial charge in [0, 0.05) is 17.5 Å². The number of thiazole rings is 1. The minimum atomic E-state index is -0.925. The van der Waals surface area contributed by atoms with Crippen LogP contribution in [0.25, 0.3) is 0 Å². The molecule has 0 saturated heterocycles. The van der Waals surface area contributed by atoms with E-state index in [9.17, 15) is 4.79 Å². The Bertz CT molecular complexity index is 754. The number of nitrogens with zero attached hydrogens (tertiary/aromatic N) is 1. The molecule has 1 heterocycles. The summed E-state index contributed by atoms with van der Waals surface area (Å²) in [4.78, 5) is 17.4. The number of alkyl halides is 1. The first-order valence-electron chi connectivity index (χ1n) is 11.8. The number of carbonyl (C=O) groups is 1. The van der Waals surface area contributed by atoms with E-state index in [1.165, 1.54) is 17.8 Å². The summed E-state index contributed by atoms with van der Waals surface area (Å²) in [5.74, 6) is 2.70. The minimum absolute atomic E-state index is 0.0635. The quantitative estimate of drug-likeness (QED) is 0.640. The van der Waals surface area contributed by atoms with E-state index in [0.717, 1.165) is 56.5 Å². The van der Waals surface area contributed by atoms with Crippen molar-refractivity contribution in [1.82, 2.24) is 4.98 Å². The molecule has 3 nitrogen and oxygen atoms in total. The normalized spacial score (nSPS) is 46.4. The first kappa shape index (κ1) is 20.0. The summed E-state index contributed by atoms with van der Waals surface area (Å²) in [5.41, 5.74) is -0.862. The lowest BCUT2D eigenvalue weighted by Gasteiger charge is -2.58. The second-order valence-corrected chi connectivity index (χ2v) is 11.7. The molecule has 4 aliphatic carbocycles. The van der Waals surface area contributed by atoms with Crippen molar-refractivity contribution < 1.29 is 9.18 Å². The van der Waals surface area contributed by atoms with E-state index in [4.69, 9.17) is 0 Å². The van der Waals surface area contributed by atoms with E-state index >= 15 is 4.39 Å². The molecule has 0 amide bonds. The molecule has 29 heavy (non-hydrogen) atoms. The average molecular weight is 419 g/mol. The number of halogens is 1. The Hall–Kier alpha value is -0.970. The van der Waals surface area contributed by atoms with Crippen LogP contribution in [0.1, 0.15) is 71.6 Å². The van der Waals surface area contributed by atoms with Crippen molar-refractivity contribution >= 4 is 22.3 Å². The second kappa shape index (κ2) is 7.32. The van der Waals surface area contributed by atoms with Crippen molar-refractivity contribution in [2.24, 2.45) is 40.9 Å². The summed E-state index contributed by atoms with van der Waals surface area (Å²) >= 11 is 1.54. The van der Waals surface area contributed by atoms with E-state index in [1.807, 2.05) is 5.38 Å². The summed E-state index contributed by atoms with van der Waals surface area (Å²) in [6.45, 7) is 5.03. The third-order valence-corrected chi connectivity index (χ3v) is 10.3. The van der Waals surface area contributed by atoms with E-state index in [1.54, 1.807) is 6.20 Å². The van der Waals surface area contributed by atoms with Crippen LogP contribution in [-0.2, 0) is 4.79 Å². The molecule has 5 heteroatoms. The Morgan fingerprint density at radius 3 is 2.86 bits per heavy atom. The molecule has 0 spiro atoms. The maximum absolute atomic E-state index is 16.4. The zero-order chi connectivity index (χ0) is 20.2. The summed E-state index contributed by atoms with van der Waals surface area (Å²) in [6.07, 6.45) is 11.1. The van der Waals surface area contributed by atoms with Gasteiger partial charge in [0.1, 0.15) is 5.67 Å². The van der Waals surface area contributed by atoms with E-state index in [2.05, 4.69) is 24.1 Å². The summed E-state index contributed by atoms with van der Waals surface area (Å²) in [6, 6.07) is 0. The van der Waals surface area contributed by atoms with Crippen LogP contribution in [0.3, 0.4) is 0 Å². The van der Waals surface area contributed by atoms with Gasteiger partial charge < -0.3 is 5.32 Å². The van der Waals surface area contributed by atoms with Crippen molar-refractivity contribution in [3.05, 3.63) is 11.6 Å². The van der Waals surface area contributed by atoms with E-state index in [-0.39, 0.29) is 23.2 Å². The van der Waals surface area contributed by atoms with Gasteiger partial charge in [-0.1, -0.05) is 13.8 Å². The topological polar surface area (TPSA) is 42.0 Å². The number of anilines is 1. The molecule has 0 aliphatic heterocycles. The van der Waals surface area contributed by atoms with Gasteiger partial charge in [0.25, 0.3) is 0 Å². The largest absolute Gasteiger partial charge is 0.354 e. The van der Waals surface area contributed by atoms with E-state index in [0.29, 0.717) is 30.1 Å². The first-order chi connectivity index (χ1) is 13.9. The molecule has 4 aliphatic rings. The molecule has 160 valence electrons. The second-order valence-electron chi connectivity index (χ2n) is 10.8. The van der Waals surface area contributed by atoms with Crippen LogP contribution in [0.5, 0.6) is 0 Å². The SMILES string of the molecule is C[C@H]1CC[C@]2(F)C3CC[C@@]4(C)C(CC[C@@H]4C(=O)CNc4nccs4)[C@@H]3CC[C@@H]2C1. The highest BCUT2D eigenvalue weighted by Crippen LogP contribution is 2.66. The third-order valence-electron chi connectivity index (χ3n) is 9.52. The van der Waals surface area contributed by atoms with Crippen LogP contribution in [0.15, 0.2) is 11.6 Å². The molecule has 0 radical (unpaired) electrons. The van der Waals surface area contributed by atoms with Crippen LogP contribution in [0.4, 0.5) is 9.52 Å². The van der Waals surface area contributed by atoms with Gasteiger partial charge >= 0.3 is 0 Å². The fourth-order valence-electron chi connectivity index (χ4n) is 8.12. The van der Waals surface area contributed by atoms with Crippen LogP contribution in [0, 0.1) is 40.9 Å². The van der Waals surface area contributed by atoms with Gasteiger partial charge in [0.15, 0.2) is 10.9 Å². The number of fused-ring (bicyclic) bond motifs is 5. The molecule has 4 saturated carbocycles. The Kier molecular flexibility index (Phi) is 5.04. The fraction of sp³-hybridized carbons (Fsp3) is 0.833. The van der Waals surface area contributed by atoms with Gasteiger partial charge in [-0.15, -0.1) is 11.3 Å². The van der Waals surface area contributed by atoms with Crippen LogP contribution >= 0.6 is 11.3 Å². The molecule has 1 aromatic heterocycles. The van der Waals surface area contributed by atoms with Crippen LogP contribution < -0.4 is 5.32 Å². The van der Waals surface area contributed by atoms with Crippen molar-refractivity contribution in [1.29, 1.82) is 0 Å². The first-order valence-corrected chi connectivity index (χ1v) is 12.6. The number of hydrogen-bond donors (Lipinski definition) is 1. The lowest BCUT2D eigenvalue weighted by Crippen LogP contribution is -2.56. The standard InChI is InChI=1S/C24H35FN2OS/c1-15-7-10-24(25)16(13-15)3-4-17-18-5-6-20(23(18,2)9-8-19(17)24)21(28)14-27-22-26-11-12-29-22/h11-12,15-20H,3-10,13-14H2,1-2H3,(H,26,27)/t15-,16+,17-,18?,19?,20+,23-,24+/m0/s1. The number of ketones is 1. The minimum Gasteiger partial charge on any atom is -0.354 e. The highest BCUT2D eigenvalue weighted by molar-refractivity contribution is 7.13. The van der Waals surface area contributed by atoms with Gasteiger partial charge in [-0.2, -0.15) is 0 Å². The molecule has 4 fully saturated rings. The monoisotopic (exact) mass is 418 g/mol.